The van der Waals surface area contributed by atoms with Crippen LogP contribution >= 0.6 is 0 Å². The topological polar surface area (TPSA) is 114 Å². The zero-order chi connectivity index (χ0) is 12.6. The second kappa shape index (κ2) is 7.45. The van der Waals surface area contributed by atoms with Gasteiger partial charge in [0.25, 0.3) is 0 Å². The molecule has 0 aliphatic carbocycles. The first-order valence-electron chi connectivity index (χ1n) is 4.56. The highest BCUT2D eigenvalue weighted by atomic mass is 16.5. The van der Waals surface area contributed by atoms with E-state index in [1.165, 1.54) is 19.3 Å². The van der Waals surface area contributed by atoms with E-state index >= 15 is 0 Å². The van der Waals surface area contributed by atoms with Gasteiger partial charge in [-0.25, -0.2) is 0 Å². The van der Waals surface area contributed by atoms with Gasteiger partial charge in [0.15, 0.2) is 0 Å². The van der Waals surface area contributed by atoms with Crippen LogP contribution in [0.25, 0.3) is 0 Å². The van der Waals surface area contributed by atoms with Gasteiger partial charge in [-0.05, 0) is 0 Å². The second-order valence-electron chi connectivity index (χ2n) is 2.93. The van der Waals surface area contributed by atoms with Crippen LogP contribution in [0.3, 0.4) is 0 Å². The zero-order valence-corrected chi connectivity index (χ0v) is 9.07. The van der Waals surface area contributed by atoms with Crippen molar-refractivity contribution in [1.29, 1.82) is 5.41 Å². The summed E-state index contributed by atoms with van der Waals surface area (Å²) in [7, 11) is 1.24. The molecule has 6 heteroatoms. The van der Waals surface area contributed by atoms with E-state index < -0.39 is 18.1 Å². The van der Waals surface area contributed by atoms with Crippen molar-refractivity contribution >= 4 is 11.8 Å². The van der Waals surface area contributed by atoms with Gasteiger partial charge in [-0.2, -0.15) is 0 Å². The van der Waals surface area contributed by atoms with Crippen LogP contribution in [-0.4, -0.2) is 37.5 Å². The quantitative estimate of drug-likeness (QED) is 0.150. The lowest BCUT2D eigenvalue weighted by Crippen LogP contribution is -2.39. The summed E-state index contributed by atoms with van der Waals surface area (Å²) in [6.07, 6.45) is 7.82. The maximum absolute atomic E-state index is 10.9. The van der Waals surface area contributed by atoms with Crippen LogP contribution in [-0.2, 0) is 9.53 Å². The number of rotatable bonds is 5. The number of nitrogens with two attached hydrogens (primary N) is 2. The van der Waals surface area contributed by atoms with Crippen LogP contribution in [0.1, 0.15) is 0 Å². The molecule has 0 fully saturated rings. The monoisotopic (exact) mass is 224 g/mol. The number of hydrogen-bond donors (Lipinski definition) is 4. The van der Waals surface area contributed by atoms with Gasteiger partial charge in [0, 0.05) is 0 Å². The number of terminal acetylenes is 1. The first-order valence-corrected chi connectivity index (χ1v) is 4.56. The van der Waals surface area contributed by atoms with E-state index in [4.69, 9.17) is 23.3 Å². The molecule has 0 saturated carbocycles. The second-order valence-corrected chi connectivity index (χ2v) is 2.93. The number of ether oxygens (including phenoxy) is 1. The predicted octanol–water partition coefficient (Wildman–Crippen LogP) is -1.43. The Labute approximate surface area is 94.5 Å². The molecule has 0 aromatic heterocycles. The number of methoxy groups -OCH3 is 1. The summed E-state index contributed by atoms with van der Waals surface area (Å²) in [5, 5.41) is 10.1. The summed E-state index contributed by atoms with van der Waals surface area (Å²) in [6, 6.07) is -1.56. The zero-order valence-electron chi connectivity index (χ0n) is 9.07. The standard InChI is InChI=1S/C10H16N4O2/c1-3-6-14-9(13)7(11)4-5-8(12)10(15)16-2/h1,4-5,7-8H,6,11-12H2,2H3,(H2,13,14). The van der Waals surface area contributed by atoms with E-state index in [9.17, 15) is 4.79 Å². The largest absolute Gasteiger partial charge is 0.468 e. The number of carbonyl (C=O) groups is 1. The molecule has 0 radical (unpaired) electrons. The van der Waals surface area contributed by atoms with E-state index in [-0.39, 0.29) is 12.4 Å². The Morgan fingerprint density at radius 2 is 2.12 bits per heavy atom. The normalized spacial score (nSPS) is 13.9. The Hall–Kier alpha value is -1.84. The maximum Gasteiger partial charge on any atom is 0.326 e. The third kappa shape index (κ3) is 5.14. The highest BCUT2D eigenvalue weighted by Crippen LogP contribution is 1.89. The van der Waals surface area contributed by atoms with Crippen molar-refractivity contribution < 1.29 is 9.53 Å². The van der Waals surface area contributed by atoms with Crippen molar-refractivity contribution in [3.63, 3.8) is 0 Å². The summed E-state index contributed by atoms with van der Waals surface area (Å²) in [4.78, 5) is 10.9. The smallest absolute Gasteiger partial charge is 0.326 e. The van der Waals surface area contributed by atoms with E-state index in [0.29, 0.717) is 0 Å². The molecule has 0 bridgehead atoms. The molecule has 0 heterocycles. The van der Waals surface area contributed by atoms with Crippen molar-refractivity contribution in [2.45, 2.75) is 12.1 Å². The van der Waals surface area contributed by atoms with E-state index in [1.54, 1.807) is 0 Å². The number of hydrogen-bond acceptors (Lipinski definition) is 5. The van der Waals surface area contributed by atoms with Gasteiger partial charge >= 0.3 is 5.97 Å². The number of nitrogens with one attached hydrogen (secondary N) is 2. The van der Waals surface area contributed by atoms with Crippen molar-refractivity contribution in [2.24, 2.45) is 11.5 Å². The van der Waals surface area contributed by atoms with E-state index in [1.807, 2.05) is 0 Å². The molecule has 6 N–H and O–H groups in total. The van der Waals surface area contributed by atoms with Gasteiger partial charge in [0.2, 0.25) is 0 Å². The number of esters is 1. The lowest BCUT2D eigenvalue weighted by atomic mass is 10.2. The van der Waals surface area contributed by atoms with E-state index in [0.717, 1.165) is 0 Å². The molecular formula is C10H16N4O2. The molecule has 0 amide bonds. The highest BCUT2D eigenvalue weighted by molar-refractivity contribution is 5.86. The molecular weight excluding hydrogens is 208 g/mol. The lowest BCUT2D eigenvalue weighted by Gasteiger charge is -2.10. The molecule has 6 nitrogen and oxygen atoms in total. The summed E-state index contributed by atoms with van der Waals surface area (Å²) >= 11 is 0. The van der Waals surface area contributed by atoms with E-state index in [2.05, 4.69) is 16.0 Å². The molecule has 0 aromatic carbocycles. The van der Waals surface area contributed by atoms with Crippen molar-refractivity contribution in [3.05, 3.63) is 12.2 Å². The van der Waals surface area contributed by atoms with Crippen molar-refractivity contribution in [1.82, 2.24) is 5.32 Å². The molecule has 16 heavy (non-hydrogen) atoms. The number of amidine groups is 1. The summed E-state index contributed by atoms with van der Waals surface area (Å²) in [5.41, 5.74) is 11.0. The number of carbonyl (C=O) groups excluding carboxylic acids is 1. The SMILES string of the molecule is C#CCNC(=N)C(N)C=CC(N)C(=O)OC. The Bertz CT molecular complexity index is 319. The molecule has 0 aromatic rings. The Morgan fingerprint density at radius 1 is 1.56 bits per heavy atom. The maximum atomic E-state index is 10.9. The average Bonchev–Trinajstić information content (AvgIpc) is 2.31. The van der Waals surface area contributed by atoms with Crippen LogP contribution in [0.4, 0.5) is 0 Å². The minimum atomic E-state index is -0.878. The molecule has 0 aliphatic rings. The van der Waals surface area contributed by atoms with Crippen LogP contribution in [0, 0.1) is 17.8 Å². The fourth-order valence-corrected chi connectivity index (χ4v) is 0.814. The minimum absolute atomic E-state index is 0.0614. The first-order chi connectivity index (χ1) is 7.52. The molecule has 2 atom stereocenters. The third-order valence-corrected chi connectivity index (χ3v) is 1.71. The fourth-order valence-electron chi connectivity index (χ4n) is 0.814. The van der Waals surface area contributed by atoms with Gasteiger partial charge in [-0.15, -0.1) is 6.42 Å². The third-order valence-electron chi connectivity index (χ3n) is 1.71. The van der Waals surface area contributed by atoms with Crippen LogP contribution in [0.2, 0.25) is 0 Å². The lowest BCUT2D eigenvalue weighted by molar-refractivity contribution is -0.140. The Kier molecular flexibility index (Phi) is 6.59. The van der Waals surface area contributed by atoms with Crippen LogP contribution in [0.15, 0.2) is 12.2 Å². The minimum Gasteiger partial charge on any atom is -0.468 e. The van der Waals surface area contributed by atoms with Gasteiger partial charge in [-0.3, -0.25) is 10.2 Å². The van der Waals surface area contributed by atoms with Gasteiger partial charge in [0.05, 0.1) is 19.7 Å². The average molecular weight is 224 g/mol. The van der Waals surface area contributed by atoms with Gasteiger partial charge in [0.1, 0.15) is 11.9 Å². The molecule has 0 aliphatic heterocycles. The first kappa shape index (κ1) is 14.2. The summed E-state index contributed by atoms with van der Waals surface area (Å²) in [6.45, 7) is 0.226. The van der Waals surface area contributed by atoms with Crippen LogP contribution < -0.4 is 16.8 Å². The fraction of sp³-hybridized carbons (Fsp3) is 0.400. The van der Waals surface area contributed by atoms with Crippen molar-refractivity contribution in [3.8, 4) is 12.3 Å². The highest BCUT2D eigenvalue weighted by Gasteiger charge is 2.11. The van der Waals surface area contributed by atoms with Crippen molar-refractivity contribution in [2.75, 3.05) is 13.7 Å². The molecule has 0 rings (SSSR count). The predicted molar refractivity (Wildman–Crippen MR) is 61.7 cm³/mol. The Balaban J connectivity index is 4.18. The molecule has 88 valence electrons. The van der Waals surface area contributed by atoms with Gasteiger partial charge in [-0.1, -0.05) is 18.1 Å². The van der Waals surface area contributed by atoms with Gasteiger partial charge < -0.3 is 21.5 Å². The van der Waals surface area contributed by atoms with Crippen LogP contribution in [0.5, 0.6) is 0 Å². The molecule has 0 spiro atoms. The molecule has 2 unspecified atom stereocenters. The molecule has 0 saturated heterocycles. The Morgan fingerprint density at radius 3 is 2.62 bits per heavy atom. The summed E-state index contributed by atoms with van der Waals surface area (Å²) in [5.74, 6) is 1.81. The summed E-state index contributed by atoms with van der Waals surface area (Å²) < 4.78 is 4.42.